The van der Waals surface area contributed by atoms with Gasteiger partial charge in [0.2, 0.25) is 0 Å². The van der Waals surface area contributed by atoms with Gasteiger partial charge in [-0.25, -0.2) is 0 Å². The molecule has 1 aliphatic rings. The van der Waals surface area contributed by atoms with Crippen molar-refractivity contribution in [3.63, 3.8) is 0 Å². The van der Waals surface area contributed by atoms with E-state index < -0.39 is 0 Å². The van der Waals surface area contributed by atoms with Gasteiger partial charge in [-0.3, -0.25) is 4.79 Å². The van der Waals surface area contributed by atoms with E-state index in [-0.39, 0.29) is 11.5 Å². The van der Waals surface area contributed by atoms with Crippen molar-refractivity contribution >= 4 is 12.0 Å². The molecule has 1 heterocycles. The summed E-state index contributed by atoms with van der Waals surface area (Å²) in [5.41, 5.74) is 2.02. The van der Waals surface area contributed by atoms with Crippen LogP contribution in [0.5, 0.6) is 5.75 Å². The molecule has 0 saturated carbocycles. The molecule has 5 nitrogen and oxygen atoms in total. The highest BCUT2D eigenvalue weighted by Crippen LogP contribution is 2.28. The van der Waals surface area contributed by atoms with E-state index in [0.29, 0.717) is 32.2 Å². The van der Waals surface area contributed by atoms with Crippen LogP contribution in [0.4, 0.5) is 0 Å². The summed E-state index contributed by atoms with van der Waals surface area (Å²) >= 11 is 0. The van der Waals surface area contributed by atoms with Crippen LogP contribution in [0.1, 0.15) is 30.9 Å². The van der Waals surface area contributed by atoms with Crippen LogP contribution in [0.15, 0.2) is 23.8 Å². The quantitative estimate of drug-likeness (QED) is 0.633. The number of rotatable bonds is 4. The maximum absolute atomic E-state index is 12.4. The molecule has 1 aromatic rings. The molecule has 0 radical (unpaired) electrons. The lowest BCUT2D eigenvalue weighted by atomic mass is 9.98. The fraction of sp³-hybridized carbons (Fsp3) is 0.444. The monoisotopic (exact) mass is 314 g/mol. The van der Waals surface area contributed by atoms with Crippen LogP contribution in [0, 0.1) is 11.3 Å². The van der Waals surface area contributed by atoms with Gasteiger partial charge in [-0.1, -0.05) is 19.9 Å². The average Bonchev–Trinajstić information content (AvgIpc) is 2.59. The molecule has 0 N–H and O–H groups in total. The first-order valence-corrected chi connectivity index (χ1v) is 7.73. The third kappa shape index (κ3) is 4.11. The first kappa shape index (κ1) is 17.0. The zero-order valence-electron chi connectivity index (χ0n) is 13.8. The number of benzene rings is 1. The lowest BCUT2D eigenvalue weighted by molar-refractivity contribution is -0.130. The maximum atomic E-state index is 12.4. The first-order chi connectivity index (χ1) is 11.1. The van der Waals surface area contributed by atoms with Crippen molar-refractivity contribution in [2.75, 3.05) is 33.4 Å². The Bertz CT molecular complexity index is 638. The largest absolute Gasteiger partial charge is 0.496 e. The van der Waals surface area contributed by atoms with Gasteiger partial charge in [-0.15, -0.1) is 0 Å². The van der Waals surface area contributed by atoms with Crippen LogP contribution in [-0.2, 0) is 9.53 Å². The summed E-state index contributed by atoms with van der Waals surface area (Å²) in [7, 11) is 1.64. The minimum absolute atomic E-state index is 0.145. The Morgan fingerprint density at radius 1 is 1.39 bits per heavy atom. The highest BCUT2D eigenvalue weighted by atomic mass is 16.5. The molecule has 1 saturated heterocycles. The third-order valence-electron chi connectivity index (χ3n) is 3.84. The van der Waals surface area contributed by atoms with Crippen molar-refractivity contribution in [1.29, 1.82) is 5.26 Å². The fourth-order valence-electron chi connectivity index (χ4n) is 2.54. The first-order valence-electron chi connectivity index (χ1n) is 7.73. The number of nitriles is 1. The van der Waals surface area contributed by atoms with E-state index in [2.05, 4.69) is 13.8 Å². The second-order valence-corrected chi connectivity index (χ2v) is 5.73. The predicted octanol–water partition coefficient (Wildman–Crippen LogP) is 2.58. The van der Waals surface area contributed by atoms with Crippen LogP contribution in [0.3, 0.4) is 0 Å². The van der Waals surface area contributed by atoms with Gasteiger partial charge in [0.15, 0.2) is 0 Å². The Morgan fingerprint density at radius 2 is 2.09 bits per heavy atom. The van der Waals surface area contributed by atoms with E-state index in [1.165, 1.54) is 0 Å². The molecule has 0 atom stereocenters. The van der Waals surface area contributed by atoms with Crippen molar-refractivity contribution in [2.45, 2.75) is 19.8 Å². The van der Waals surface area contributed by atoms with Crippen molar-refractivity contribution in [3.05, 3.63) is 34.9 Å². The Balaban J connectivity index is 2.29. The summed E-state index contributed by atoms with van der Waals surface area (Å²) in [4.78, 5) is 14.1. The van der Waals surface area contributed by atoms with Gasteiger partial charge < -0.3 is 14.4 Å². The summed E-state index contributed by atoms with van der Waals surface area (Å²) in [6, 6.07) is 7.71. The molecule has 1 aromatic carbocycles. The molecule has 0 aromatic heterocycles. The number of carbonyl (C=O) groups excluding carboxylic acids is 1. The number of ether oxygens (including phenoxy) is 2. The smallest absolute Gasteiger partial charge is 0.264 e. The molecular weight excluding hydrogens is 292 g/mol. The molecule has 1 fully saturated rings. The molecule has 1 aliphatic heterocycles. The number of amides is 1. The molecule has 0 spiro atoms. The predicted molar refractivity (Wildman–Crippen MR) is 88.1 cm³/mol. The number of morpholine rings is 1. The number of hydrogen-bond acceptors (Lipinski definition) is 4. The molecule has 23 heavy (non-hydrogen) atoms. The SMILES string of the molecule is COc1ccc(/C=C(\C#N)C(=O)N2CCOCC2)cc1C(C)C. The van der Waals surface area contributed by atoms with Gasteiger partial charge in [0.1, 0.15) is 17.4 Å². The van der Waals surface area contributed by atoms with Gasteiger partial charge in [-0.2, -0.15) is 5.26 Å². The van der Waals surface area contributed by atoms with Crippen molar-refractivity contribution < 1.29 is 14.3 Å². The zero-order chi connectivity index (χ0) is 16.8. The molecular formula is C18H22N2O3. The summed E-state index contributed by atoms with van der Waals surface area (Å²) in [5.74, 6) is 0.867. The summed E-state index contributed by atoms with van der Waals surface area (Å²) in [5, 5.41) is 9.35. The Kier molecular flexibility index (Phi) is 5.78. The second kappa shape index (κ2) is 7.80. The summed E-state index contributed by atoms with van der Waals surface area (Å²) in [6.07, 6.45) is 1.64. The van der Waals surface area contributed by atoms with E-state index in [1.54, 1.807) is 18.1 Å². The molecule has 1 amide bonds. The van der Waals surface area contributed by atoms with Crippen LogP contribution < -0.4 is 4.74 Å². The van der Waals surface area contributed by atoms with Crippen molar-refractivity contribution in [1.82, 2.24) is 4.90 Å². The zero-order valence-corrected chi connectivity index (χ0v) is 13.8. The summed E-state index contributed by atoms with van der Waals surface area (Å²) < 4.78 is 10.6. The average molecular weight is 314 g/mol. The van der Waals surface area contributed by atoms with E-state index in [4.69, 9.17) is 9.47 Å². The van der Waals surface area contributed by atoms with E-state index in [0.717, 1.165) is 16.9 Å². The van der Waals surface area contributed by atoms with Gasteiger partial charge in [0, 0.05) is 13.1 Å². The van der Waals surface area contributed by atoms with Crippen LogP contribution in [-0.4, -0.2) is 44.2 Å². The second-order valence-electron chi connectivity index (χ2n) is 5.73. The van der Waals surface area contributed by atoms with Crippen LogP contribution >= 0.6 is 0 Å². The number of methoxy groups -OCH3 is 1. The van der Waals surface area contributed by atoms with Crippen LogP contribution in [0.25, 0.3) is 6.08 Å². The van der Waals surface area contributed by atoms with E-state index in [9.17, 15) is 10.1 Å². The highest BCUT2D eigenvalue weighted by molar-refractivity contribution is 6.01. The topological polar surface area (TPSA) is 62.6 Å². The number of carbonyl (C=O) groups is 1. The summed E-state index contributed by atoms with van der Waals surface area (Å²) in [6.45, 7) is 6.25. The van der Waals surface area contributed by atoms with E-state index in [1.807, 2.05) is 24.3 Å². The van der Waals surface area contributed by atoms with E-state index >= 15 is 0 Å². The fourth-order valence-corrected chi connectivity index (χ4v) is 2.54. The molecule has 0 unspecified atom stereocenters. The third-order valence-corrected chi connectivity index (χ3v) is 3.84. The lowest BCUT2D eigenvalue weighted by Gasteiger charge is -2.26. The highest BCUT2D eigenvalue weighted by Gasteiger charge is 2.20. The van der Waals surface area contributed by atoms with Gasteiger partial charge in [0.05, 0.1) is 20.3 Å². The number of hydrogen-bond donors (Lipinski definition) is 0. The van der Waals surface area contributed by atoms with Gasteiger partial charge in [0.25, 0.3) is 5.91 Å². The maximum Gasteiger partial charge on any atom is 0.264 e. The molecule has 2 rings (SSSR count). The van der Waals surface area contributed by atoms with Crippen molar-refractivity contribution in [3.8, 4) is 11.8 Å². The molecule has 0 bridgehead atoms. The van der Waals surface area contributed by atoms with Gasteiger partial charge in [-0.05, 0) is 35.3 Å². The van der Waals surface area contributed by atoms with Crippen LogP contribution in [0.2, 0.25) is 0 Å². The molecule has 5 heteroatoms. The Labute approximate surface area is 137 Å². The molecule has 122 valence electrons. The Morgan fingerprint density at radius 3 is 2.65 bits per heavy atom. The molecule has 0 aliphatic carbocycles. The van der Waals surface area contributed by atoms with Crippen molar-refractivity contribution in [2.24, 2.45) is 0 Å². The normalized spacial score (nSPS) is 15.4. The standard InChI is InChI=1S/C18H22N2O3/c1-13(2)16-11-14(4-5-17(16)22-3)10-15(12-19)18(21)20-6-8-23-9-7-20/h4-5,10-11,13H,6-9H2,1-3H3/b15-10+. The minimum Gasteiger partial charge on any atom is -0.496 e. The number of nitrogens with zero attached hydrogens (tertiary/aromatic N) is 2. The Hall–Kier alpha value is -2.32. The minimum atomic E-state index is -0.238. The lowest BCUT2D eigenvalue weighted by Crippen LogP contribution is -2.41. The van der Waals surface area contributed by atoms with Gasteiger partial charge >= 0.3 is 0 Å².